The fraction of sp³-hybridized carbons (Fsp3) is 0.250. The van der Waals surface area contributed by atoms with E-state index in [-0.39, 0.29) is 6.42 Å². The number of nitrogens with zero attached hydrogens (tertiary/aromatic N) is 1. The highest BCUT2D eigenvalue weighted by Gasteiger charge is 2.16. The Bertz CT molecular complexity index is 894. The Morgan fingerprint density at radius 3 is 2.50 bits per heavy atom. The van der Waals surface area contributed by atoms with Gasteiger partial charge in [-0.3, -0.25) is 4.79 Å². The van der Waals surface area contributed by atoms with Crippen LogP contribution in [0.3, 0.4) is 0 Å². The van der Waals surface area contributed by atoms with Crippen LogP contribution in [-0.4, -0.2) is 15.6 Å². The van der Waals surface area contributed by atoms with Gasteiger partial charge < -0.3 is 9.67 Å². The van der Waals surface area contributed by atoms with Crippen molar-refractivity contribution < 1.29 is 9.90 Å². The quantitative estimate of drug-likeness (QED) is 0.711. The van der Waals surface area contributed by atoms with Gasteiger partial charge in [0.05, 0.1) is 6.42 Å². The van der Waals surface area contributed by atoms with E-state index in [1.807, 2.05) is 24.3 Å². The van der Waals surface area contributed by atoms with Crippen LogP contribution in [0.2, 0.25) is 5.02 Å². The SMILES string of the molecule is Cc1cccc2c1c(C)c(CCC(=O)O)n2Cc1ccc(Cl)cc1. The summed E-state index contributed by atoms with van der Waals surface area (Å²) in [6, 6.07) is 14.1. The predicted octanol–water partition coefficient (Wildman–Crippen LogP) is 4.98. The molecule has 0 radical (unpaired) electrons. The number of carboxylic acid groups (broad SMARTS) is 1. The van der Waals surface area contributed by atoms with E-state index < -0.39 is 5.97 Å². The Hall–Kier alpha value is -2.26. The topological polar surface area (TPSA) is 42.2 Å². The summed E-state index contributed by atoms with van der Waals surface area (Å²) in [6.07, 6.45) is 0.666. The minimum atomic E-state index is -0.769. The first-order chi connectivity index (χ1) is 11.5. The zero-order valence-corrected chi connectivity index (χ0v) is 14.6. The molecule has 0 saturated heterocycles. The highest BCUT2D eigenvalue weighted by Crippen LogP contribution is 2.30. The summed E-state index contributed by atoms with van der Waals surface area (Å²) < 4.78 is 2.24. The number of hydrogen-bond donors (Lipinski definition) is 1. The molecule has 1 aromatic heterocycles. The van der Waals surface area contributed by atoms with Crippen molar-refractivity contribution in [2.45, 2.75) is 33.2 Å². The number of halogens is 1. The van der Waals surface area contributed by atoms with Crippen LogP contribution in [0.25, 0.3) is 10.9 Å². The molecule has 0 bridgehead atoms. The van der Waals surface area contributed by atoms with Gasteiger partial charge in [-0.25, -0.2) is 0 Å². The summed E-state index contributed by atoms with van der Waals surface area (Å²) >= 11 is 5.98. The Kier molecular flexibility index (Phi) is 4.63. The van der Waals surface area contributed by atoms with E-state index in [1.54, 1.807) is 0 Å². The van der Waals surface area contributed by atoms with Crippen molar-refractivity contribution in [2.24, 2.45) is 0 Å². The smallest absolute Gasteiger partial charge is 0.303 e. The summed E-state index contributed by atoms with van der Waals surface area (Å²) in [5, 5.41) is 11.0. The molecule has 1 heterocycles. The van der Waals surface area contributed by atoms with Gasteiger partial charge in [-0.05, 0) is 55.2 Å². The first kappa shape index (κ1) is 16.6. The average Bonchev–Trinajstić information content (AvgIpc) is 2.81. The lowest BCUT2D eigenvalue weighted by molar-refractivity contribution is -0.136. The second-order valence-corrected chi connectivity index (χ2v) is 6.58. The maximum absolute atomic E-state index is 11.0. The van der Waals surface area contributed by atoms with Gasteiger partial charge in [0.2, 0.25) is 0 Å². The molecule has 3 nitrogen and oxygen atoms in total. The Morgan fingerprint density at radius 2 is 1.83 bits per heavy atom. The molecular weight excluding hydrogens is 322 g/mol. The van der Waals surface area contributed by atoms with E-state index in [0.29, 0.717) is 18.0 Å². The van der Waals surface area contributed by atoms with E-state index in [2.05, 4.69) is 36.6 Å². The van der Waals surface area contributed by atoms with Gasteiger partial charge in [0, 0.05) is 28.2 Å². The second-order valence-electron chi connectivity index (χ2n) is 6.15. The summed E-state index contributed by atoms with van der Waals surface area (Å²) in [7, 11) is 0. The number of benzene rings is 2. The maximum atomic E-state index is 11.0. The summed E-state index contributed by atoms with van der Waals surface area (Å²) in [6.45, 7) is 4.90. The number of carbonyl (C=O) groups is 1. The number of carboxylic acids is 1. The largest absolute Gasteiger partial charge is 0.481 e. The molecule has 0 fully saturated rings. The molecule has 0 aliphatic carbocycles. The second kappa shape index (κ2) is 6.70. The van der Waals surface area contributed by atoms with Crippen molar-refractivity contribution in [3.63, 3.8) is 0 Å². The van der Waals surface area contributed by atoms with Crippen LogP contribution in [0.15, 0.2) is 42.5 Å². The van der Waals surface area contributed by atoms with Crippen LogP contribution in [0.5, 0.6) is 0 Å². The van der Waals surface area contributed by atoms with E-state index in [1.165, 1.54) is 16.5 Å². The zero-order valence-electron chi connectivity index (χ0n) is 13.8. The van der Waals surface area contributed by atoms with E-state index in [4.69, 9.17) is 16.7 Å². The van der Waals surface area contributed by atoms with E-state index in [9.17, 15) is 4.79 Å². The highest BCUT2D eigenvalue weighted by atomic mass is 35.5. The number of aromatic nitrogens is 1. The van der Waals surface area contributed by atoms with Crippen molar-refractivity contribution in [3.8, 4) is 0 Å². The van der Waals surface area contributed by atoms with Crippen molar-refractivity contribution in [1.29, 1.82) is 0 Å². The number of aryl methyl sites for hydroxylation is 2. The van der Waals surface area contributed by atoms with Crippen molar-refractivity contribution in [1.82, 2.24) is 4.57 Å². The van der Waals surface area contributed by atoms with Gasteiger partial charge in [-0.2, -0.15) is 0 Å². The Balaban J connectivity index is 2.12. The van der Waals surface area contributed by atoms with Crippen molar-refractivity contribution >= 4 is 28.5 Å². The molecule has 3 rings (SSSR count). The minimum absolute atomic E-state index is 0.136. The van der Waals surface area contributed by atoms with Crippen molar-refractivity contribution in [2.75, 3.05) is 0 Å². The van der Waals surface area contributed by atoms with Crippen LogP contribution in [0, 0.1) is 13.8 Å². The van der Waals surface area contributed by atoms with Crippen LogP contribution >= 0.6 is 11.6 Å². The van der Waals surface area contributed by atoms with Crippen molar-refractivity contribution in [3.05, 3.63) is 69.9 Å². The molecular formula is C20H20ClNO2. The third-order valence-electron chi connectivity index (χ3n) is 4.50. The van der Waals surface area contributed by atoms with Gasteiger partial charge in [0.1, 0.15) is 0 Å². The molecule has 3 aromatic rings. The Labute approximate surface area is 146 Å². The standard InChI is InChI=1S/C20H20ClNO2/c1-13-4-3-5-18-20(13)14(2)17(10-11-19(23)24)22(18)12-15-6-8-16(21)9-7-15/h3-9H,10-12H2,1-2H3,(H,23,24). The highest BCUT2D eigenvalue weighted by molar-refractivity contribution is 6.30. The zero-order chi connectivity index (χ0) is 17.3. The predicted molar refractivity (Wildman–Crippen MR) is 97.9 cm³/mol. The molecule has 24 heavy (non-hydrogen) atoms. The molecule has 4 heteroatoms. The molecule has 0 aliphatic heterocycles. The Morgan fingerprint density at radius 1 is 1.12 bits per heavy atom. The first-order valence-corrected chi connectivity index (χ1v) is 8.38. The monoisotopic (exact) mass is 341 g/mol. The first-order valence-electron chi connectivity index (χ1n) is 8.01. The number of rotatable bonds is 5. The molecule has 0 atom stereocenters. The molecule has 0 spiro atoms. The fourth-order valence-electron chi connectivity index (χ4n) is 3.36. The van der Waals surface area contributed by atoms with Gasteiger partial charge in [0.25, 0.3) is 0 Å². The fourth-order valence-corrected chi connectivity index (χ4v) is 3.48. The lowest BCUT2D eigenvalue weighted by Gasteiger charge is -2.11. The molecule has 0 unspecified atom stereocenters. The molecule has 0 aliphatic rings. The summed E-state index contributed by atoms with van der Waals surface area (Å²) in [5.74, 6) is -0.769. The molecule has 1 N–H and O–H groups in total. The number of aliphatic carboxylic acids is 1. The minimum Gasteiger partial charge on any atom is -0.481 e. The average molecular weight is 342 g/mol. The van der Waals surface area contributed by atoms with Gasteiger partial charge >= 0.3 is 5.97 Å². The number of hydrogen-bond acceptors (Lipinski definition) is 1. The molecule has 0 saturated carbocycles. The van der Waals surface area contributed by atoms with Crippen LogP contribution in [0.4, 0.5) is 0 Å². The normalized spacial score (nSPS) is 11.1. The molecule has 2 aromatic carbocycles. The van der Waals surface area contributed by atoms with E-state index >= 15 is 0 Å². The summed E-state index contributed by atoms with van der Waals surface area (Å²) in [5.41, 5.74) is 5.80. The molecule has 0 amide bonds. The summed E-state index contributed by atoms with van der Waals surface area (Å²) in [4.78, 5) is 11.0. The van der Waals surface area contributed by atoms with Crippen LogP contribution in [-0.2, 0) is 17.8 Å². The van der Waals surface area contributed by atoms with Crippen LogP contribution < -0.4 is 0 Å². The van der Waals surface area contributed by atoms with Gasteiger partial charge in [-0.15, -0.1) is 0 Å². The molecule has 124 valence electrons. The third-order valence-corrected chi connectivity index (χ3v) is 4.76. The lowest BCUT2D eigenvalue weighted by atomic mass is 10.1. The van der Waals surface area contributed by atoms with Gasteiger partial charge in [-0.1, -0.05) is 35.9 Å². The maximum Gasteiger partial charge on any atom is 0.303 e. The number of fused-ring (bicyclic) bond motifs is 1. The van der Waals surface area contributed by atoms with Gasteiger partial charge in [0.15, 0.2) is 0 Å². The lowest BCUT2D eigenvalue weighted by Crippen LogP contribution is -2.07. The van der Waals surface area contributed by atoms with E-state index in [0.717, 1.165) is 16.8 Å². The third kappa shape index (κ3) is 3.17. The van der Waals surface area contributed by atoms with Crippen LogP contribution in [0.1, 0.15) is 28.8 Å².